The average molecular weight is 294 g/mol. The van der Waals surface area contributed by atoms with Gasteiger partial charge in [-0.25, -0.2) is 4.98 Å². The first kappa shape index (κ1) is 14.4. The summed E-state index contributed by atoms with van der Waals surface area (Å²) in [6.45, 7) is 1.27. The number of hydrogen-bond donors (Lipinski definition) is 3. The van der Waals surface area contributed by atoms with Crippen molar-refractivity contribution in [1.82, 2.24) is 14.9 Å². The first-order valence-electron chi connectivity index (χ1n) is 6.05. The summed E-state index contributed by atoms with van der Waals surface area (Å²) in [7, 11) is 1.95. The SMILES string of the molecule is Cn1ccnc1CNCc1ccc(/C(N)=N/O)cc1Cl. The van der Waals surface area contributed by atoms with Gasteiger partial charge in [0.2, 0.25) is 0 Å². The number of imidazole rings is 1. The minimum absolute atomic E-state index is 0.0411. The molecule has 0 saturated carbocycles. The number of oxime groups is 1. The van der Waals surface area contributed by atoms with Crippen molar-refractivity contribution in [1.29, 1.82) is 0 Å². The third-order valence-electron chi connectivity index (χ3n) is 2.98. The summed E-state index contributed by atoms with van der Waals surface area (Å²) in [5.41, 5.74) is 7.04. The molecule has 0 spiro atoms. The summed E-state index contributed by atoms with van der Waals surface area (Å²) in [6, 6.07) is 5.29. The summed E-state index contributed by atoms with van der Waals surface area (Å²) < 4.78 is 1.95. The zero-order valence-corrected chi connectivity index (χ0v) is 11.8. The van der Waals surface area contributed by atoms with Gasteiger partial charge in [0.05, 0.1) is 6.54 Å². The molecule has 0 bridgehead atoms. The molecule has 0 radical (unpaired) electrons. The molecule has 4 N–H and O–H groups in total. The quantitative estimate of drug-likeness (QED) is 0.337. The fourth-order valence-corrected chi connectivity index (χ4v) is 2.03. The van der Waals surface area contributed by atoms with Gasteiger partial charge in [0.25, 0.3) is 0 Å². The van der Waals surface area contributed by atoms with Crippen molar-refractivity contribution < 1.29 is 5.21 Å². The smallest absolute Gasteiger partial charge is 0.170 e. The zero-order valence-electron chi connectivity index (χ0n) is 11.0. The number of nitrogens with zero attached hydrogens (tertiary/aromatic N) is 3. The number of benzene rings is 1. The van der Waals surface area contributed by atoms with Gasteiger partial charge < -0.3 is 20.8 Å². The third kappa shape index (κ3) is 3.28. The zero-order chi connectivity index (χ0) is 14.5. The number of nitrogens with one attached hydrogen (secondary N) is 1. The fraction of sp³-hybridized carbons (Fsp3) is 0.231. The maximum Gasteiger partial charge on any atom is 0.170 e. The van der Waals surface area contributed by atoms with Gasteiger partial charge in [-0.3, -0.25) is 0 Å². The molecule has 1 heterocycles. The highest BCUT2D eigenvalue weighted by atomic mass is 35.5. The molecule has 7 heteroatoms. The van der Waals surface area contributed by atoms with Gasteiger partial charge in [-0.05, 0) is 11.6 Å². The Hall–Kier alpha value is -2.05. The summed E-state index contributed by atoms with van der Waals surface area (Å²) >= 11 is 6.17. The van der Waals surface area contributed by atoms with Crippen molar-refractivity contribution in [3.8, 4) is 0 Å². The van der Waals surface area contributed by atoms with Crippen molar-refractivity contribution in [2.24, 2.45) is 17.9 Å². The maximum absolute atomic E-state index is 8.62. The van der Waals surface area contributed by atoms with Gasteiger partial charge in [0, 0.05) is 36.6 Å². The van der Waals surface area contributed by atoms with Crippen molar-refractivity contribution in [3.05, 3.63) is 52.6 Å². The molecule has 6 nitrogen and oxygen atoms in total. The number of amidine groups is 1. The summed E-state index contributed by atoms with van der Waals surface area (Å²) in [5, 5.41) is 15.4. The Morgan fingerprint density at radius 1 is 1.50 bits per heavy atom. The summed E-state index contributed by atoms with van der Waals surface area (Å²) in [4.78, 5) is 4.23. The molecular weight excluding hydrogens is 278 g/mol. The van der Waals surface area contributed by atoms with Crippen molar-refractivity contribution in [2.45, 2.75) is 13.1 Å². The number of aromatic nitrogens is 2. The average Bonchev–Trinajstić information content (AvgIpc) is 2.85. The molecule has 2 aromatic rings. The van der Waals surface area contributed by atoms with E-state index in [-0.39, 0.29) is 5.84 Å². The highest BCUT2D eigenvalue weighted by molar-refractivity contribution is 6.31. The number of hydrogen-bond acceptors (Lipinski definition) is 4. The molecule has 0 fully saturated rings. The van der Waals surface area contributed by atoms with E-state index in [9.17, 15) is 0 Å². The van der Waals surface area contributed by atoms with E-state index in [0.717, 1.165) is 11.4 Å². The largest absolute Gasteiger partial charge is 0.409 e. The fourth-order valence-electron chi connectivity index (χ4n) is 1.78. The van der Waals surface area contributed by atoms with Crippen LogP contribution in [-0.4, -0.2) is 20.6 Å². The number of rotatable bonds is 5. The van der Waals surface area contributed by atoms with Crippen LogP contribution in [-0.2, 0) is 20.1 Å². The van der Waals surface area contributed by atoms with Crippen LogP contribution in [0.3, 0.4) is 0 Å². The Morgan fingerprint density at radius 3 is 2.90 bits per heavy atom. The van der Waals surface area contributed by atoms with Crippen LogP contribution in [0.1, 0.15) is 17.0 Å². The number of aryl methyl sites for hydroxylation is 1. The Morgan fingerprint density at radius 2 is 2.30 bits per heavy atom. The molecule has 0 aliphatic heterocycles. The van der Waals surface area contributed by atoms with E-state index in [0.29, 0.717) is 23.7 Å². The molecule has 1 aromatic heterocycles. The second-order valence-corrected chi connectivity index (χ2v) is 4.76. The lowest BCUT2D eigenvalue weighted by atomic mass is 10.1. The van der Waals surface area contributed by atoms with Crippen LogP contribution in [0.2, 0.25) is 5.02 Å². The summed E-state index contributed by atoms with van der Waals surface area (Å²) in [6.07, 6.45) is 3.66. The van der Waals surface area contributed by atoms with Gasteiger partial charge in [-0.2, -0.15) is 0 Å². The van der Waals surface area contributed by atoms with Crippen LogP contribution in [0.25, 0.3) is 0 Å². The van der Waals surface area contributed by atoms with Crippen LogP contribution in [0.5, 0.6) is 0 Å². The van der Waals surface area contributed by atoms with Crippen molar-refractivity contribution in [3.63, 3.8) is 0 Å². The molecule has 0 atom stereocenters. The van der Waals surface area contributed by atoms with Gasteiger partial charge in [-0.15, -0.1) is 0 Å². The molecule has 0 saturated heterocycles. The van der Waals surface area contributed by atoms with Gasteiger partial charge in [0.15, 0.2) is 5.84 Å². The lowest BCUT2D eigenvalue weighted by Crippen LogP contribution is -2.17. The first-order valence-corrected chi connectivity index (χ1v) is 6.43. The Labute approximate surface area is 121 Å². The molecule has 20 heavy (non-hydrogen) atoms. The highest BCUT2D eigenvalue weighted by Gasteiger charge is 2.05. The minimum atomic E-state index is 0.0411. The number of nitrogens with two attached hydrogens (primary N) is 1. The van der Waals surface area contributed by atoms with Crippen molar-refractivity contribution in [2.75, 3.05) is 0 Å². The standard InChI is InChI=1S/C13H16ClN5O/c1-19-5-4-17-12(19)8-16-7-10-3-2-9(6-11(10)14)13(15)18-20/h2-6,16,20H,7-8H2,1H3,(H2,15,18). The van der Waals surface area contributed by atoms with Crippen LogP contribution in [0, 0.1) is 0 Å². The van der Waals surface area contributed by atoms with E-state index >= 15 is 0 Å². The monoisotopic (exact) mass is 293 g/mol. The predicted molar refractivity (Wildman–Crippen MR) is 77.7 cm³/mol. The van der Waals surface area contributed by atoms with Crippen molar-refractivity contribution >= 4 is 17.4 Å². The topological polar surface area (TPSA) is 88.5 Å². The van der Waals surface area contributed by atoms with Crippen LogP contribution in [0.4, 0.5) is 0 Å². The van der Waals surface area contributed by atoms with E-state index in [4.69, 9.17) is 22.5 Å². The van der Waals surface area contributed by atoms with Gasteiger partial charge >= 0.3 is 0 Å². The van der Waals surface area contributed by atoms with Crippen LogP contribution in [0.15, 0.2) is 35.7 Å². The van der Waals surface area contributed by atoms with E-state index in [2.05, 4.69) is 15.5 Å². The van der Waals surface area contributed by atoms with E-state index in [1.54, 1.807) is 18.3 Å². The van der Waals surface area contributed by atoms with E-state index in [1.165, 1.54) is 0 Å². The molecule has 1 aromatic carbocycles. The Balaban J connectivity index is 1.98. The Bertz CT molecular complexity index is 623. The van der Waals surface area contributed by atoms with E-state index < -0.39 is 0 Å². The lowest BCUT2D eigenvalue weighted by molar-refractivity contribution is 0.318. The predicted octanol–water partition coefficient (Wildman–Crippen LogP) is 1.46. The first-order chi connectivity index (χ1) is 9.61. The maximum atomic E-state index is 8.62. The molecule has 106 valence electrons. The third-order valence-corrected chi connectivity index (χ3v) is 3.33. The second-order valence-electron chi connectivity index (χ2n) is 4.35. The molecule has 0 unspecified atom stereocenters. The van der Waals surface area contributed by atoms with Crippen LogP contribution >= 0.6 is 11.6 Å². The number of halogens is 1. The molecule has 2 rings (SSSR count). The minimum Gasteiger partial charge on any atom is -0.409 e. The second kappa shape index (κ2) is 6.40. The summed E-state index contributed by atoms with van der Waals surface area (Å²) in [5.74, 6) is 0.994. The molecule has 0 aliphatic carbocycles. The molecular formula is C13H16ClN5O. The van der Waals surface area contributed by atoms with Gasteiger partial charge in [-0.1, -0.05) is 28.9 Å². The molecule has 0 amide bonds. The highest BCUT2D eigenvalue weighted by Crippen LogP contribution is 2.18. The molecule has 0 aliphatic rings. The normalized spacial score (nSPS) is 11.8. The lowest BCUT2D eigenvalue weighted by Gasteiger charge is -2.08. The van der Waals surface area contributed by atoms with Gasteiger partial charge in [0.1, 0.15) is 5.82 Å². The Kier molecular flexibility index (Phi) is 4.60. The van der Waals surface area contributed by atoms with E-state index in [1.807, 2.05) is 23.9 Å². The van der Waals surface area contributed by atoms with Crippen LogP contribution < -0.4 is 11.1 Å².